The molecule has 8 heteroatoms. The Morgan fingerprint density at radius 2 is 1.64 bits per heavy atom. The molecule has 0 radical (unpaired) electrons. The maximum atomic E-state index is 13.3. The Bertz CT molecular complexity index is 241. The molecule has 0 aromatic carbocycles. The van der Waals surface area contributed by atoms with Gasteiger partial charge in [0.2, 0.25) is 0 Å². The number of phosphoric ester groups is 1. The van der Waals surface area contributed by atoms with Crippen LogP contribution in [0.4, 0.5) is 13.2 Å². The van der Waals surface area contributed by atoms with Crippen LogP contribution in [0.5, 0.6) is 0 Å². The summed E-state index contributed by atoms with van der Waals surface area (Å²) in [6.45, 7) is 2.01. The third kappa shape index (κ3) is 3.24. The van der Waals surface area contributed by atoms with E-state index in [2.05, 4.69) is 4.52 Å². The van der Waals surface area contributed by atoms with E-state index in [1.807, 2.05) is 0 Å². The molecule has 0 spiro atoms. The van der Waals surface area contributed by atoms with Crippen molar-refractivity contribution in [2.24, 2.45) is 0 Å². The second kappa shape index (κ2) is 4.18. The monoisotopic (exact) mass is 236 g/mol. The van der Waals surface area contributed by atoms with Gasteiger partial charge >= 0.3 is 13.7 Å². The Kier molecular flexibility index (Phi) is 4.15. The summed E-state index contributed by atoms with van der Waals surface area (Å²) in [5.41, 5.74) is 0. The lowest BCUT2D eigenvalue weighted by molar-refractivity contribution is -0.244. The molecule has 14 heavy (non-hydrogen) atoms. The Labute approximate surface area is 79.3 Å². The standard InChI is InChI=1S/C6H12F3O4P/c1-3-5(7,8)6(9,4-2)13-14(10,11)12/h3-4H2,1-2H3,(H2,10,11,12). The largest absolute Gasteiger partial charge is 0.472 e. The molecule has 0 aliphatic heterocycles. The summed E-state index contributed by atoms with van der Waals surface area (Å²) in [5.74, 6) is -7.55. The van der Waals surface area contributed by atoms with Gasteiger partial charge in [-0.05, 0) is 0 Å². The van der Waals surface area contributed by atoms with Crippen LogP contribution < -0.4 is 0 Å². The van der Waals surface area contributed by atoms with E-state index in [4.69, 9.17) is 9.79 Å². The molecule has 86 valence electrons. The molecule has 0 aliphatic carbocycles. The highest BCUT2D eigenvalue weighted by Gasteiger charge is 2.56. The SMILES string of the molecule is CCC(F)(F)C(F)(CC)OP(=O)(O)O. The first-order chi connectivity index (χ1) is 6.08. The lowest BCUT2D eigenvalue weighted by Crippen LogP contribution is -2.45. The minimum atomic E-state index is -5.27. The van der Waals surface area contributed by atoms with Gasteiger partial charge in [0.1, 0.15) is 0 Å². The Hall–Kier alpha value is -0.100. The highest BCUT2D eigenvalue weighted by Crippen LogP contribution is 2.50. The van der Waals surface area contributed by atoms with E-state index in [9.17, 15) is 17.7 Å². The van der Waals surface area contributed by atoms with Gasteiger partial charge < -0.3 is 9.79 Å². The third-order valence-corrected chi connectivity index (χ3v) is 2.24. The number of halogens is 3. The van der Waals surface area contributed by atoms with Crippen LogP contribution in [0.3, 0.4) is 0 Å². The van der Waals surface area contributed by atoms with Crippen LogP contribution in [0.15, 0.2) is 0 Å². The average Bonchev–Trinajstić information content (AvgIpc) is 2.01. The predicted molar refractivity (Wildman–Crippen MR) is 42.5 cm³/mol. The van der Waals surface area contributed by atoms with Crippen LogP contribution in [0.1, 0.15) is 26.7 Å². The molecule has 0 aromatic heterocycles. The van der Waals surface area contributed by atoms with E-state index < -0.39 is 32.4 Å². The van der Waals surface area contributed by atoms with Gasteiger partial charge in [0, 0.05) is 12.8 Å². The van der Waals surface area contributed by atoms with Gasteiger partial charge in [-0.15, -0.1) is 0 Å². The number of alkyl halides is 3. The smallest absolute Gasteiger partial charge is 0.303 e. The Balaban J connectivity index is 4.90. The number of rotatable bonds is 5. The molecule has 1 atom stereocenters. The summed E-state index contributed by atoms with van der Waals surface area (Å²) >= 11 is 0. The zero-order valence-corrected chi connectivity index (χ0v) is 8.60. The number of hydrogen-bond acceptors (Lipinski definition) is 2. The molecule has 1 unspecified atom stereocenters. The van der Waals surface area contributed by atoms with E-state index in [0.29, 0.717) is 0 Å². The van der Waals surface area contributed by atoms with Crippen molar-refractivity contribution in [2.45, 2.75) is 38.5 Å². The summed E-state index contributed by atoms with van der Waals surface area (Å²) in [7, 11) is -5.27. The molecule has 0 saturated carbocycles. The van der Waals surface area contributed by atoms with Gasteiger partial charge in [-0.25, -0.2) is 22.3 Å². The molecular weight excluding hydrogens is 224 g/mol. The molecule has 0 rings (SSSR count). The topological polar surface area (TPSA) is 66.8 Å². The van der Waals surface area contributed by atoms with Crippen molar-refractivity contribution < 1.29 is 32.0 Å². The lowest BCUT2D eigenvalue weighted by Gasteiger charge is -2.31. The molecule has 0 heterocycles. The van der Waals surface area contributed by atoms with Crippen LogP contribution in [-0.2, 0) is 9.09 Å². The molecule has 0 aliphatic rings. The average molecular weight is 236 g/mol. The van der Waals surface area contributed by atoms with Crippen LogP contribution in [0.25, 0.3) is 0 Å². The van der Waals surface area contributed by atoms with Gasteiger partial charge in [0.05, 0.1) is 0 Å². The van der Waals surface area contributed by atoms with Crippen molar-refractivity contribution in [2.75, 3.05) is 0 Å². The molecular formula is C6H12F3O4P. The first kappa shape index (κ1) is 13.9. The van der Waals surface area contributed by atoms with Crippen molar-refractivity contribution in [1.82, 2.24) is 0 Å². The highest BCUT2D eigenvalue weighted by molar-refractivity contribution is 7.46. The lowest BCUT2D eigenvalue weighted by atomic mass is 10.1. The van der Waals surface area contributed by atoms with Crippen molar-refractivity contribution in [3.05, 3.63) is 0 Å². The maximum absolute atomic E-state index is 13.3. The van der Waals surface area contributed by atoms with Crippen molar-refractivity contribution in [3.8, 4) is 0 Å². The number of phosphoric acid groups is 1. The van der Waals surface area contributed by atoms with Crippen molar-refractivity contribution in [1.29, 1.82) is 0 Å². The fourth-order valence-corrected chi connectivity index (χ4v) is 1.48. The Morgan fingerprint density at radius 3 is 1.86 bits per heavy atom. The zero-order chi connectivity index (χ0) is 11.6. The molecule has 0 aromatic rings. The Morgan fingerprint density at radius 1 is 1.21 bits per heavy atom. The molecule has 0 saturated heterocycles. The summed E-state index contributed by atoms with van der Waals surface area (Å²) in [6, 6.07) is 0. The fraction of sp³-hybridized carbons (Fsp3) is 1.00. The summed E-state index contributed by atoms with van der Waals surface area (Å²) in [6.07, 6.45) is -1.75. The van der Waals surface area contributed by atoms with Crippen LogP contribution in [0.2, 0.25) is 0 Å². The van der Waals surface area contributed by atoms with Gasteiger partial charge in [0.15, 0.2) is 0 Å². The van der Waals surface area contributed by atoms with Crippen molar-refractivity contribution in [3.63, 3.8) is 0 Å². The predicted octanol–water partition coefficient (Wildman–Crippen LogP) is 2.22. The second-order valence-corrected chi connectivity index (χ2v) is 3.89. The minimum Gasteiger partial charge on any atom is -0.303 e. The zero-order valence-electron chi connectivity index (χ0n) is 7.71. The van der Waals surface area contributed by atoms with Crippen molar-refractivity contribution >= 4 is 7.82 Å². The normalized spacial score (nSPS) is 17.9. The highest BCUT2D eigenvalue weighted by atomic mass is 31.2. The van der Waals surface area contributed by atoms with Gasteiger partial charge in [0.25, 0.3) is 5.85 Å². The van der Waals surface area contributed by atoms with Crippen LogP contribution >= 0.6 is 7.82 Å². The van der Waals surface area contributed by atoms with E-state index in [-0.39, 0.29) is 0 Å². The van der Waals surface area contributed by atoms with Crippen LogP contribution in [-0.4, -0.2) is 21.6 Å². The molecule has 0 amide bonds. The van der Waals surface area contributed by atoms with Gasteiger partial charge in [-0.3, -0.25) is 0 Å². The minimum absolute atomic E-state index is 0.848. The van der Waals surface area contributed by atoms with E-state index >= 15 is 0 Å². The molecule has 0 fully saturated rings. The number of hydrogen-bond donors (Lipinski definition) is 2. The third-order valence-electron chi connectivity index (χ3n) is 1.71. The fourth-order valence-electron chi connectivity index (χ4n) is 0.842. The first-order valence-corrected chi connectivity index (χ1v) is 5.44. The molecule has 0 bridgehead atoms. The van der Waals surface area contributed by atoms with Gasteiger partial charge in [-0.1, -0.05) is 13.8 Å². The summed E-state index contributed by atoms with van der Waals surface area (Å²) < 4.78 is 52.9. The summed E-state index contributed by atoms with van der Waals surface area (Å²) in [5, 5.41) is 0. The van der Waals surface area contributed by atoms with E-state index in [1.165, 1.54) is 0 Å². The molecule has 2 N–H and O–H groups in total. The van der Waals surface area contributed by atoms with Crippen LogP contribution in [0, 0.1) is 0 Å². The quantitative estimate of drug-likeness (QED) is 0.718. The van der Waals surface area contributed by atoms with E-state index in [0.717, 1.165) is 13.8 Å². The summed E-state index contributed by atoms with van der Waals surface area (Å²) in [4.78, 5) is 16.5. The van der Waals surface area contributed by atoms with Gasteiger partial charge in [-0.2, -0.15) is 0 Å². The maximum Gasteiger partial charge on any atom is 0.472 e. The first-order valence-electron chi connectivity index (χ1n) is 3.91. The molecule has 4 nitrogen and oxygen atoms in total. The van der Waals surface area contributed by atoms with E-state index in [1.54, 1.807) is 0 Å². The second-order valence-electron chi connectivity index (χ2n) is 2.72.